The second-order valence-corrected chi connectivity index (χ2v) is 7.54. The Balaban J connectivity index is 1.93. The lowest BCUT2D eigenvalue weighted by Crippen LogP contribution is -2.23. The largest absolute Gasteiger partial charge is 0.347 e. The summed E-state index contributed by atoms with van der Waals surface area (Å²) in [5.41, 5.74) is 3.56. The van der Waals surface area contributed by atoms with Crippen LogP contribution in [0.5, 0.6) is 0 Å². The van der Waals surface area contributed by atoms with Crippen molar-refractivity contribution in [1.29, 1.82) is 0 Å². The SMILES string of the molecule is Cc1nc(-c2c(C)c(C)nn(C)c2=O)sc1C(=O)NCc1ccsc1. The highest BCUT2D eigenvalue weighted by atomic mass is 32.1. The van der Waals surface area contributed by atoms with Gasteiger partial charge in [-0.3, -0.25) is 9.59 Å². The molecule has 0 aliphatic heterocycles. The monoisotopic (exact) mass is 374 g/mol. The zero-order valence-electron chi connectivity index (χ0n) is 14.4. The van der Waals surface area contributed by atoms with Crippen molar-refractivity contribution in [2.24, 2.45) is 7.05 Å². The van der Waals surface area contributed by atoms with Crippen LogP contribution in [0.3, 0.4) is 0 Å². The van der Waals surface area contributed by atoms with Gasteiger partial charge in [-0.25, -0.2) is 9.67 Å². The number of thiazole rings is 1. The van der Waals surface area contributed by atoms with E-state index in [1.807, 2.05) is 30.7 Å². The molecule has 0 atom stereocenters. The van der Waals surface area contributed by atoms with Crippen molar-refractivity contribution < 1.29 is 4.79 Å². The van der Waals surface area contributed by atoms with Gasteiger partial charge in [-0.2, -0.15) is 16.4 Å². The van der Waals surface area contributed by atoms with Crippen LogP contribution in [0.25, 0.3) is 10.6 Å². The van der Waals surface area contributed by atoms with E-state index in [1.54, 1.807) is 25.3 Å². The Morgan fingerprint density at radius 2 is 2.04 bits per heavy atom. The van der Waals surface area contributed by atoms with E-state index in [2.05, 4.69) is 15.4 Å². The summed E-state index contributed by atoms with van der Waals surface area (Å²) >= 11 is 2.84. The van der Waals surface area contributed by atoms with Crippen molar-refractivity contribution in [1.82, 2.24) is 20.1 Å². The zero-order chi connectivity index (χ0) is 18.1. The summed E-state index contributed by atoms with van der Waals surface area (Å²) in [5.74, 6) is -0.173. The average molecular weight is 374 g/mol. The molecule has 1 amide bonds. The quantitative estimate of drug-likeness (QED) is 0.762. The third kappa shape index (κ3) is 3.40. The van der Waals surface area contributed by atoms with Crippen LogP contribution in [0.15, 0.2) is 21.6 Å². The molecule has 25 heavy (non-hydrogen) atoms. The molecule has 0 aromatic carbocycles. The molecule has 3 aromatic rings. The summed E-state index contributed by atoms with van der Waals surface area (Å²) in [6.45, 7) is 5.97. The lowest BCUT2D eigenvalue weighted by Gasteiger charge is -2.07. The number of aryl methyl sites for hydroxylation is 3. The first-order valence-corrected chi connectivity index (χ1v) is 9.46. The minimum absolute atomic E-state index is 0.173. The van der Waals surface area contributed by atoms with Crippen molar-refractivity contribution >= 4 is 28.6 Å². The summed E-state index contributed by atoms with van der Waals surface area (Å²) < 4.78 is 1.31. The van der Waals surface area contributed by atoms with Gasteiger partial charge in [-0.05, 0) is 48.7 Å². The molecule has 0 aliphatic carbocycles. The first-order chi connectivity index (χ1) is 11.9. The van der Waals surface area contributed by atoms with E-state index in [-0.39, 0.29) is 11.5 Å². The first-order valence-electron chi connectivity index (χ1n) is 7.70. The molecule has 0 bridgehead atoms. The van der Waals surface area contributed by atoms with Gasteiger partial charge in [-0.1, -0.05) is 0 Å². The molecule has 0 spiro atoms. The third-order valence-corrected chi connectivity index (χ3v) is 5.88. The van der Waals surface area contributed by atoms with Crippen LogP contribution in [0.2, 0.25) is 0 Å². The fraction of sp³-hybridized carbons (Fsp3) is 0.294. The van der Waals surface area contributed by atoms with Gasteiger partial charge < -0.3 is 5.32 Å². The Labute approximate surface area is 153 Å². The van der Waals surface area contributed by atoms with Crippen LogP contribution in [0, 0.1) is 20.8 Å². The average Bonchev–Trinajstić information content (AvgIpc) is 3.21. The third-order valence-electron chi connectivity index (χ3n) is 3.98. The zero-order valence-corrected chi connectivity index (χ0v) is 16.0. The van der Waals surface area contributed by atoms with Gasteiger partial charge in [0.25, 0.3) is 11.5 Å². The number of rotatable bonds is 4. The second kappa shape index (κ2) is 6.89. The summed E-state index contributed by atoms with van der Waals surface area (Å²) in [6, 6.07) is 1.97. The number of hydrogen-bond acceptors (Lipinski definition) is 6. The van der Waals surface area contributed by atoms with Crippen molar-refractivity contribution in [3.8, 4) is 10.6 Å². The maximum atomic E-state index is 12.5. The molecule has 1 N–H and O–H groups in total. The highest BCUT2D eigenvalue weighted by Gasteiger charge is 2.20. The van der Waals surface area contributed by atoms with Gasteiger partial charge in [0.05, 0.1) is 17.0 Å². The van der Waals surface area contributed by atoms with Crippen LogP contribution in [-0.4, -0.2) is 20.7 Å². The Morgan fingerprint density at radius 1 is 1.28 bits per heavy atom. The van der Waals surface area contributed by atoms with Gasteiger partial charge in [0.2, 0.25) is 0 Å². The van der Waals surface area contributed by atoms with Gasteiger partial charge in [0.15, 0.2) is 0 Å². The number of thiophene rings is 1. The van der Waals surface area contributed by atoms with Crippen LogP contribution < -0.4 is 10.9 Å². The van der Waals surface area contributed by atoms with Gasteiger partial charge in [0.1, 0.15) is 9.88 Å². The summed E-state index contributed by atoms with van der Waals surface area (Å²) in [7, 11) is 1.62. The first kappa shape index (κ1) is 17.5. The van der Waals surface area contributed by atoms with Gasteiger partial charge in [0, 0.05) is 13.6 Å². The summed E-state index contributed by atoms with van der Waals surface area (Å²) in [6.07, 6.45) is 0. The molecule has 0 saturated heterocycles. The van der Waals surface area contributed by atoms with Gasteiger partial charge in [-0.15, -0.1) is 11.3 Å². The minimum Gasteiger partial charge on any atom is -0.347 e. The number of nitrogens with one attached hydrogen (secondary N) is 1. The Hall–Kier alpha value is -2.32. The highest BCUT2D eigenvalue weighted by molar-refractivity contribution is 7.17. The predicted octanol–water partition coefficient (Wildman–Crippen LogP) is 2.82. The number of carbonyl (C=O) groups is 1. The second-order valence-electron chi connectivity index (χ2n) is 5.76. The summed E-state index contributed by atoms with van der Waals surface area (Å²) in [4.78, 5) is 30.0. The number of carbonyl (C=O) groups excluding carboxylic acids is 1. The van der Waals surface area contributed by atoms with Crippen molar-refractivity contribution in [3.05, 3.63) is 54.6 Å². The number of amides is 1. The Morgan fingerprint density at radius 3 is 2.72 bits per heavy atom. The smallest absolute Gasteiger partial charge is 0.277 e. The van der Waals surface area contributed by atoms with E-state index >= 15 is 0 Å². The molecule has 0 saturated carbocycles. The van der Waals surface area contributed by atoms with E-state index in [0.29, 0.717) is 27.7 Å². The van der Waals surface area contributed by atoms with Crippen molar-refractivity contribution in [2.75, 3.05) is 0 Å². The molecule has 0 unspecified atom stereocenters. The molecule has 6 nitrogen and oxygen atoms in total. The molecule has 3 aromatic heterocycles. The van der Waals surface area contributed by atoms with Crippen molar-refractivity contribution in [2.45, 2.75) is 27.3 Å². The molecule has 3 rings (SSSR count). The van der Waals surface area contributed by atoms with Crippen LogP contribution in [0.4, 0.5) is 0 Å². The normalized spacial score (nSPS) is 10.9. The molecule has 0 aliphatic rings. The molecule has 8 heteroatoms. The van der Waals surface area contributed by atoms with E-state index in [0.717, 1.165) is 16.8 Å². The Bertz CT molecular complexity index is 987. The van der Waals surface area contributed by atoms with Crippen LogP contribution >= 0.6 is 22.7 Å². The highest BCUT2D eigenvalue weighted by Crippen LogP contribution is 2.28. The van der Waals surface area contributed by atoms with E-state index in [9.17, 15) is 9.59 Å². The minimum atomic E-state index is -0.206. The standard InChI is InChI=1S/C17H18N4O2S2/c1-9-10(2)20-21(4)17(23)13(9)16-19-11(3)14(25-16)15(22)18-7-12-5-6-24-8-12/h5-6,8H,7H2,1-4H3,(H,18,22). The molecular formula is C17H18N4O2S2. The van der Waals surface area contributed by atoms with Gasteiger partial charge >= 0.3 is 0 Å². The maximum Gasteiger partial charge on any atom is 0.277 e. The molecule has 0 radical (unpaired) electrons. The van der Waals surface area contributed by atoms with Crippen LogP contribution in [-0.2, 0) is 13.6 Å². The molecule has 130 valence electrons. The predicted molar refractivity (Wildman–Crippen MR) is 100 cm³/mol. The fourth-order valence-electron chi connectivity index (χ4n) is 2.47. The molecule has 0 fully saturated rings. The number of aromatic nitrogens is 3. The number of hydrogen-bond donors (Lipinski definition) is 1. The van der Waals surface area contributed by atoms with Crippen LogP contribution in [0.1, 0.15) is 32.2 Å². The lowest BCUT2D eigenvalue weighted by molar-refractivity contribution is 0.0954. The van der Waals surface area contributed by atoms with E-state index in [1.165, 1.54) is 16.0 Å². The molecule has 3 heterocycles. The Kier molecular flexibility index (Phi) is 4.82. The van der Waals surface area contributed by atoms with E-state index < -0.39 is 0 Å². The lowest BCUT2D eigenvalue weighted by atomic mass is 10.1. The van der Waals surface area contributed by atoms with E-state index in [4.69, 9.17) is 0 Å². The van der Waals surface area contributed by atoms with Crippen molar-refractivity contribution in [3.63, 3.8) is 0 Å². The molecular weight excluding hydrogens is 356 g/mol. The maximum absolute atomic E-state index is 12.5. The number of nitrogens with zero attached hydrogens (tertiary/aromatic N) is 3. The topological polar surface area (TPSA) is 76.9 Å². The summed E-state index contributed by atoms with van der Waals surface area (Å²) in [5, 5.41) is 11.6. The fourth-order valence-corrected chi connectivity index (χ4v) is 4.22.